The molecular weight excluding hydrogens is 934 g/mol. The van der Waals surface area contributed by atoms with Crippen molar-refractivity contribution in [3.05, 3.63) is 129 Å². The van der Waals surface area contributed by atoms with Crippen molar-refractivity contribution in [1.29, 1.82) is 0 Å². The zero-order chi connectivity index (χ0) is 48.2. The van der Waals surface area contributed by atoms with Gasteiger partial charge in [0.25, 0.3) is 23.6 Å². The van der Waals surface area contributed by atoms with E-state index in [-0.39, 0.29) is 66.2 Å². The predicted molar refractivity (Wildman–Crippen MR) is 255 cm³/mol. The van der Waals surface area contributed by atoms with Gasteiger partial charge in [0.15, 0.2) is 11.6 Å². The first-order valence-corrected chi connectivity index (χ1v) is 21.4. The fraction of sp³-hybridized carbons (Fsp3) is 0.217. The Bertz CT molecular complexity index is 2690. The maximum atomic E-state index is 13.6. The van der Waals surface area contributed by atoms with E-state index in [9.17, 15) is 28.8 Å². The molecule has 4 amide bonds. The molecule has 0 radical (unpaired) electrons. The summed E-state index contributed by atoms with van der Waals surface area (Å²) >= 11 is 25.3. The van der Waals surface area contributed by atoms with Gasteiger partial charge in [0.05, 0.1) is 46.1 Å². The number of azo groups is 2. The SMILES string of the molecule is COc1cc(NC(=O)C(N=Nc2cccc(C(=O)Nc3ccc(C(C)Cl)cc3)c2Cl)C(C)=O)cc(OC)c1NC(=O)C(N=Nc1cccc(C(=O)Nc2ccc(C(C)Cl)cc2)c1Cl)C(C)=O. The Morgan fingerprint density at radius 2 is 0.909 bits per heavy atom. The highest BCUT2D eigenvalue weighted by Crippen LogP contribution is 2.39. The number of amides is 4. The largest absolute Gasteiger partial charge is 0.494 e. The molecule has 0 fully saturated rings. The Labute approximate surface area is 399 Å². The van der Waals surface area contributed by atoms with Gasteiger partial charge < -0.3 is 30.7 Å². The molecule has 66 heavy (non-hydrogen) atoms. The maximum Gasteiger partial charge on any atom is 0.259 e. The molecule has 0 saturated heterocycles. The molecule has 4 unspecified atom stereocenters. The van der Waals surface area contributed by atoms with Crippen LogP contribution in [0.25, 0.3) is 0 Å². The lowest BCUT2D eigenvalue weighted by molar-refractivity contribution is -0.127. The number of Topliss-reactive ketones (excluding diaryl/α,β-unsaturated/α-hetero) is 2. The number of hydrogen-bond acceptors (Lipinski definition) is 12. The third kappa shape index (κ3) is 12.8. The minimum atomic E-state index is -1.70. The molecule has 16 nitrogen and oxygen atoms in total. The van der Waals surface area contributed by atoms with Gasteiger partial charge in [0.2, 0.25) is 12.1 Å². The Balaban J connectivity index is 1.29. The van der Waals surface area contributed by atoms with E-state index in [1.54, 1.807) is 48.5 Å². The van der Waals surface area contributed by atoms with E-state index in [1.807, 2.05) is 13.8 Å². The van der Waals surface area contributed by atoms with Gasteiger partial charge in [-0.15, -0.1) is 23.2 Å². The van der Waals surface area contributed by atoms with Crippen molar-refractivity contribution in [1.82, 2.24) is 0 Å². The number of nitrogens with one attached hydrogen (secondary N) is 4. The monoisotopic (exact) mass is 974 g/mol. The Kier molecular flexibility index (Phi) is 17.5. The molecule has 20 heteroatoms. The van der Waals surface area contributed by atoms with Crippen LogP contribution in [0.15, 0.2) is 118 Å². The van der Waals surface area contributed by atoms with Gasteiger partial charge >= 0.3 is 0 Å². The van der Waals surface area contributed by atoms with Crippen LogP contribution in [0.2, 0.25) is 10.0 Å². The second-order valence-electron chi connectivity index (χ2n) is 14.4. The lowest BCUT2D eigenvalue weighted by atomic mass is 10.1. The Morgan fingerprint density at radius 3 is 1.26 bits per heavy atom. The van der Waals surface area contributed by atoms with Gasteiger partial charge in [-0.25, -0.2) is 0 Å². The number of nitrogens with zero attached hydrogens (tertiary/aromatic N) is 4. The smallest absolute Gasteiger partial charge is 0.259 e. The highest BCUT2D eigenvalue weighted by molar-refractivity contribution is 6.37. The van der Waals surface area contributed by atoms with Crippen LogP contribution in [0.5, 0.6) is 11.5 Å². The summed E-state index contributed by atoms with van der Waals surface area (Å²) in [5.41, 5.74) is 2.89. The van der Waals surface area contributed by atoms with Crippen molar-refractivity contribution in [2.75, 3.05) is 35.5 Å². The van der Waals surface area contributed by atoms with Crippen LogP contribution in [-0.2, 0) is 19.2 Å². The lowest BCUT2D eigenvalue weighted by Gasteiger charge is -2.18. The summed E-state index contributed by atoms with van der Waals surface area (Å²) in [4.78, 5) is 78.7. The molecule has 0 saturated carbocycles. The molecule has 0 heterocycles. The first kappa shape index (κ1) is 50.3. The number of methoxy groups -OCH3 is 2. The van der Waals surface area contributed by atoms with Gasteiger partial charge in [-0.2, -0.15) is 20.5 Å². The van der Waals surface area contributed by atoms with Crippen LogP contribution in [0, 0.1) is 0 Å². The van der Waals surface area contributed by atoms with E-state index in [4.69, 9.17) is 55.9 Å². The van der Waals surface area contributed by atoms with E-state index in [0.717, 1.165) is 25.0 Å². The number of carbonyl (C=O) groups excluding carboxylic acids is 6. The number of alkyl halides is 2. The van der Waals surface area contributed by atoms with Crippen LogP contribution in [-0.4, -0.2) is 61.5 Å². The second-order valence-corrected chi connectivity index (χ2v) is 16.4. The molecule has 0 aliphatic heterocycles. The number of halogens is 4. The summed E-state index contributed by atoms with van der Waals surface area (Å²) in [6.45, 7) is 5.92. The highest BCUT2D eigenvalue weighted by atomic mass is 35.5. The zero-order valence-electron chi connectivity index (χ0n) is 36.1. The van der Waals surface area contributed by atoms with Crippen molar-refractivity contribution >= 4 is 116 Å². The molecule has 5 aromatic rings. The molecule has 4 atom stereocenters. The van der Waals surface area contributed by atoms with Crippen LogP contribution >= 0.6 is 46.4 Å². The van der Waals surface area contributed by atoms with Crippen LogP contribution in [0.3, 0.4) is 0 Å². The van der Waals surface area contributed by atoms with E-state index in [2.05, 4.69) is 41.7 Å². The van der Waals surface area contributed by atoms with Crippen LogP contribution in [0.1, 0.15) is 70.3 Å². The molecular formula is C46H42Cl4N8O8. The summed E-state index contributed by atoms with van der Waals surface area (Å²) in [6, 6.07) is 22.1. The van der Waals surface area contributed by atoms with Gasteiger partial charge in [-0.3, -0.25) is 28.8 Å². The quantitative estimate of drug-likeness (QED) is 0.0375. The zero-order valence-corrected chi connectivity index (χ0v) is 39.1. The van der Waals surface area contributed by atoms with Gasteiger partial charge in [0.1, 0.15) is 28.6 Å². The van der Waals surface area contributed by atoms with E-state index >= 15 is 0 Å². The number of rotatable bonds is 18. The van der Waals surface area contributed by atoms with Crippen molar-refractivity contribution < 1.29 is 38.2 Å². The van der Waals surface area contributed by atoms with Crippen molar-refractivity contribution in [3.63, 3.8) is 0 Å². The number of ether oxygens (including phenoxy) is 2. The summed E-state index contributed by atoms with van der Waals surface area (Å²) in [5, 5.41) is 26.0. The molecule has 0 bridgehead atoms. The molecule has 4 N–H and O–H groups in total. The second kappa shape index (κ2) is 22.9. The summed E-state index contributed by atoms with van der Waals surface area (Å²) in [5.74, 6) is -4.35. The molecule has 0 aromatic heterocycles. The number of benzene rings is 5. The van der Waals surface area contributed by atoms with Gasteiger partial charge in [-0.05, 0) is 87.4 Å². The van der Waals surface area contributed by atoms with Crippen molar-refractivity contribution in [3.8, 4) is 11.5 Å². The molecule has 5 rings (SSSR count). The number of ketones is 2. The average Bonchev–Trinajstić information content (AvgIpc) is 3.27. The molecule has 0 aliphatic carbocycles. The third-order valence-electron chi connectivity index (χ3n) is 9.55. The Morgan fingerprint density at radius 1 is 0.530 bits per heavy atom. The number of anilines is 4. The lowest BCUT2D eigenvalue weighted by Crippen LogP contribution is -2.32. The van der Waals surface area contributed by atoms with Crippen LogP contribution in [0.4, 0.5) is 34.1 Å². The molecule has 0 aliphatic rings. The van der Waals surface area contributed by atoms with E-state index < -0.39 is 47.3 Å². The third-order valence-corrected chi connectivity index (χ3v) is 10.9. The highest BCUT2D eigenvalue weighted by Gasteiger charge is 2.28. The molecule has 5 aromatic carbocycles. The van der Waals surface area contributed by atoms with Crippen LogP contribution < -0.4 is 30.7 Å². The standard InChI is InChI=1S/C46H42Cl4N8O8/c1-23(47)27-13-17-29(18-14-27)51-43(61)32-9-7-11-34(38(32)49)55-57-40(25(3)59)45(63)53-31-21-36(65-5)42(37(22-31)66-6)54-46(64)41(26(4)60)58-56-35-12-8-10-33(39(35)50)44(62)52-30-19-15-28(16-20-30)24(2)48/h7-24,40-41H,1-6H3,(H,51,61)(H,52,62)(H,53,63)(H,54,64). The summed E-state index contributed by atoms with van der Waals surface area (Å²) < 4.78 is 11.0. The van der Waals surface area contributed by atoms with Crippen molar-refractivity contribution in [2.45, 2.75) is 50.5 Å². The number of carbonyl (C=O) groups is 6. The molecule has 0 spiro atoms. The first-order valence-electron chi connectivity index (χ1n) is 19.8. The average molecular weight is 977 g/mol. The minimum Gasteiger partial charge on any atom is -0.494 e. The normalized spacial score (nSPS) is 13.0. The Hall–Kier alpha value is -6.72. The van der Waals surface area contributed by atoms with Gasteiger partial charge in [0, 0.05) is 29.2 Å². The van der Waals surface area contributed by atoms with E-state index in [0.29, 0.717) is 11.4 Å². The molecule has 342 valence electrons. The predicted octanol–water partition coefficient (Wildman–Crippen LogP) is 11.5. The number of hydrogen-bond donors (Lipinski definition) is 4. The summed E-state index contributed by atoms with van der Waals surface area (Å²) in [7, 11) is 2.56. The first-order chi connectivity index (χ1) is 31.4. The fourth-order valence-electron chi connectivity index (χ4n) is 5.99. The maximum absolute atomic E-state index is 13.6. The van der Waals surface area contributed by atoms with Crippen molar-refractivity contribution in [2.24, 2.45) is 20.5 Å². The van der Waals surface area contributed by atoms with Gasteiger partial charge in [-0.1, -0.05) is 59.6 Å². The summed E-state index contributed by atoms with van der Waals surface area (Å²) in [6.07, 6.45) is 0. The fourth-order valence-corrected chi connectivity index (χ4v) is 6.78. The van der Waals surface area contributed by atoms with E-state index in [1.165, 1.54) is 62.8 Å². The topological polar surface area (TPSA) is 218 Å². The minimum absolute atomic E-state index is 0.00736.